The van der Waals surface area contributed by atoms with Gasteiger partial charge in [0.1, 0.15) is 0 Å². The minimum atomic E-state index is 0.00539. The van der Waals surface area contributed by atoms with Crippen LogP contribution in [0.3, 0.4) is 0 Å². The molecule has 0 aliphatic rings. The molecule has 0 unspecified atom stereocenters. The van der Waals surface area contributed by atoms with Gasteiger partial charge in [0.15, 0.2) is 10.8 Å². The number of pyridine rings is 1. The number of nitrogens with zero attached hydrogens (tertiary/aromatic N) is 3. The van der Waals surface area contributed by atoms with Crippen molar-refractivity contribution in [1.29, 1.82) is 0 Å². The second-order valence-electron chi connectivity index (χ2n) is 6.85. The van der Waals surface area contributed by atoms with Crippen molar-refractivity contribution in [3.05, 3.63) is 71.3 Å². The molecule has 0 atom stereocenters. The van der Waals surface area contributed by atoms with Crippen LogP contribution in [-0.4, -0.2) is 32.8 Å². The second-order valence-corrected chi connectivity index (χ2v) is 7.79. The zero-order valence-electron chi connectivity index (χ0n) is 16.0. The lowest BCUT2D eigenvalue weighted by Crippen LogP contribution is -2.27. The molecule has 6 heteroatoms. The maximum atomic E-state index is 12.3. The summed E-state index contributed by atoms with van der Waals surface area (Å²) < 4.78 is 2.06. The molecule has 0 aliphatic heterocycles. The predicted molar refractivity (Wildman–Crippen MR) is 114 cm³/mol. The first-order chi connectivity index (χ1) is 13.6. The van der Waals surface area contributed by atoms with Crippen LogP contribution in [0.5, 0.6) is 0 Å². The standard InChI is InChI=1S/C22H22N4OS/c1-15-7-6-10-18-16(2)13-19-24-25-22(26(19)21(15)18)28-14-20(27)23-12-11-17-8-4-3-5-9-17/h3-10,13H,11-12,14H2,1-2H3,(H,23,27). The summed E-state index contributed by atoms with van der Waals surface area (Å²) in [6, 6.07) is 18.5. The fourth-order valence-electron chi connectivity index (χ4n) is 3.40. The van der Waals surface area contributed by atoms with E-state index in [1.54, 1.807) is 0 Å². The molecule has 0 radical (unpaired) electrons. The summed E-state index contributed by atoms with van der Waals surface area (Å²) >= 11 is 1.42. The van der Waals surface area contributed by atoms with Crippen LogP contribution in [0.4, 0.5) is 0 Å². The van der Waals surface area contributed by atoms with Gasteiger partial charge < -0.3 is 5.32 Å². The van der Waals surface area contributed by atoms with Gasteiger partial charge in [-0.1, -0.05) is 60.3 Å². The van der Waals surface area contributed by atoms with Gasteiger partial charge in [-0.15, -0.1) is 10.2 Å². The highest BCUT2D eigenvalue weighted by Gasteiger charge is 2.14. The number of carbonyl (C=O) groups excluding carboxylic acids is 1. The Morgan fingerprint density at radius 2 is 1.86 bits per heavy atom. The maximum absolute atomic E-state index is 12.3. The molecule has 1 amide bonds. The molecule has 4 aromatic rings. The van der Waals surface area contributed by atoms with Crippen molar-refractivity contribution in [1.82, 2.24) is 19.9 Å². The molecule has 0 aliphatic carbocycles. The van der Waals surface area contributed by atoms with Gasteiger partial charge in [-0.2, -0.15) is 0 Å². The number of aryl methyl sites for hydroxylation is 2. The van der Waals surface area contributed by atoms with E-state index >= 15 is 0 Å². The first-order valence-corrected chi connectivity index (χ1v) is 10.3. The third-order valence-corrected chi connectivity index (χ3v) is 5.73. The number of para-hydroxylation sites is 1. The Kier molecular flexibility index (Phi) is 5.30. The highest BCUT2D eigenvalue weighted by atomic mass is 32.2. The Hall–Kier alpha value is -2.86. The molecule has 0 fully saturated rings. The Balaban J connectivity index is 1.47. The number of amides is 1. The number of hydrogen-bond donors (Lipinski definition) is 1. The average Bonchev–Trinajstić information content (AvgIpc) is 3.10. The van der Waals surface area contributed by atoms with Crippen LogP contribution < -0.4 is 5.32 Å². The number of rotatable bonds is 6. The summed E-state index contributed by atoms with van der Waals surface area (Å²) in [5.41, 5.74) is 5.48. The average molecular weight is 391 g/mol. The van der Waals surface area contributed by atoms with Crippen molar-refractivity contribution in [3.63, 3.8) is 0 Å². The van der Waals surface area contributed by atoms with Crippen LogP contribution in [0, 0.1) is 13.8 Å². The number of fused-ring (bicyclic) bond motifs is 3. The van der Waals surface area contributed by atoms with E-state index < -0.39 is 0 Å². The van der Waals surface area contributed by atoms with Crippen molar-refractivity contribution >= 4 is 34.2 Å². The van der Waals surface area contributed by atoms with Gasteiger partial charge in [0.05, 0.1) is 11.3 Å². The fraction of sp³-hybridized carbons (Fsp3) is 0.227. The van der Waals surface area contributed by atoms with Crippen LogP contribution in [0.25, 0.3) is 16.6 Å². The number of thioether (sulfide) groups is 1. The quantitative estimate of drug-likeness (QED) is 0.507. The van der Waals surface area contributed by atoms with E-state index in [4.69, 9.17) is 0 Å². The predicted octanol–water partition coefficient (Wildman–Crippen LogP) is 3.95. The molecule has 5 nitrogen and oxygen atoms in total. The van der Waals surface area contributed by atoms with Gasteiger partial charge in [0.2, 0.25) is 5.91 Å². The molecule has 0 saturated carbocycles. The van der Waals surface area contributed by atoms with Gasteiger partial charge >= 0.3 is 0 Å². The third kappa shape index (κ3) is 3.73. The number of nitrogens with one attached hydrogen (secondary N) is 1. The largest absolute Gasteiger partial charge is 0.355 e. The minimum absolute atomic E-state index is 0.00539. The Bertz CT molecular complexity index is 1140. The van der Waals surface area contributed by atoms with Gasteiger partial charge in [-0.25, -0.2) is 0 Å². The van der Waals surface area contributed by atoms with Gasteiger partial charge in [0.25, 0.3) is 0 Å². The molecule has 2 aromatic carbocycles. The van der Waals surface area contributed by atoms with Crippen LogP contribution >= 0.6 is 11.8 Å². The Morgan fingerprint density at radius 3 is 2.68 bits per heavy atom. The van der Waals surface area contributed by atoms with Crippen molar-refractivity contribution in [2.75, 3.05) is 12.3 Å². The van der Waals surface area contributed by atoms with Crippen LogP contribution in [-0.2, 0) is 11.2 Å². The van der Waals surface area contributed by atoms with Gasteiger partial charge in [-0.05, 0) is 43.0 Å². The molecule has 2 heterocycles. The SMILES string of the molecule is Cc1cc2nnc(SCC(=O)NCCc3ccccc3)n2c2c(C)cccc12. The lowest BCUT2D eigenvalue weighted by Gasteiger charge is -2.10. The van der Waals surface area contributed by atoms with E-state index in [1.165, 1.54) is 33.8 Å². The zero-order chi connectivity index (χ0) is 19.5. The molecule has 0 saturated heterocycles. The summed E-state index contributed by atoms with van der Waals surface area (Å²) in [4.78, 5) is 12.3. The van der Waals surface area contributed by atoms with Crippen LogP contribution in [0.1, 0.15) is 16.7 Å². The summed E-state index contributed by atoms with van der Waals surface area (Å²) in [5.74, 6) is 0.322. The molecular formula is C22H22N4OS. The molecule has 28 heavy (non-hydrogen) atoms. The fourth-order valence-corrected chi connectivity index (χ4v) is 4.17. The van der Waals surface area contributed by atoms with Gasteiger partial charge in [0, 0.05) is 11.9 Å². The molecule has 0 spiro atoms. The van der Waals surface area contributed by atoms with Crippen molar-refractivity contribution in [2.45, 2.75) is 25.4 Å². The number of carbonyl (C=O) groups is 1. The van der Waals surface area contributed by atoms with E-state index in [-0.39, 0.29) is 5.91 Å². The van der Waals surface area contributed by atoms with E-state index in [0.29, 0.717) is 12.3 Å². The van der Waals surface area contributed by atoms with Gasteiger partial charge in [-0.3, -0.25) is 9.20 Å². The summed E-state index contributed by atoms with van der Waals surface area (Å²) in [6.45, 7) is 4.81. The molecule has 2 aromatic heterocycles. The number of aromatic nitrogens is 3. The number of hydrogen-bond acceptors (Lipinski definition) is 4. The van der Waals surface area contributed by atoms with Crippen molar-refractivity contribution in [2.24, 2.45) is 0 Å². The van der Waals surface area contributed by atoms with E-state index in [0.717, 1.165) is 22.7 Å². The summed E-state index contributed by atoms with van der Waals surface area (Å²) in [5, 5.41) is 13.5. The Labute approximate surface area is 168 Å². The molecule has 142 valence electrons. The highest BCUT2D eigenvalue weighted by Crippen LogP contribution is 2.27. The third-order valence-electron chi connectivity index (χ3n) is 4.80. The van der Waals surface area contributed by atoms with Crippen LogP contribution in [0.2, 0.25) is 0 Å². The first kappa shape index (κ1) is 18.5. The molecule has 0 bridgehead atoms. The van der Waals surface area contributed by atoms with E-state index in [2.05, 4.69) is 64.1 Å². The van der Waals surface area contributed by atoms with Crippen LogP contribution in [0.15, 0.2) is 59.8 Å². The number of benzene rings is 2. The maximum Gasteiger partial charge on any atom is 0.230 e. The second kappa shape index (κ2) is 8.02. The lowest BCUT2D eigenvalue weighted by atomic mass is 10.1. The highest BCUT2D eigenvalue weighted by molar-refractivity contribution is 7.99. The van der Waals surface area contributed by atoms with Crippen molar-refractivity contribution in [3.8, 4) is 0 Å². The molecular weight excluding hydrogens is 368 g/mol. The van der Waals surface area contributed by atoms with E-state index in [1.807, 2.05) is 24.3 Å². The molecule has 1 N–H and O–H groups in total. The van der Waals surface area contributed by atoms with E-state index in [9.17, 15) is 4.79 Å². The smallest absolute Gasteiger partial charge is 0.230 e. The first-order valence-electron chi connectivity index (χ1n) is 9.31. The minimum Gasteiger partial charge on any atom is -0.355 e. The summed E-state index contributed by atoms with van der Waals surface area (Å²) in [6.07, 6.45) is 0.828. The topological polar surface area (TPSA) is 59.3 Å². The normalized spacial score (nSPS) is 11.2. The Morgan fingerprint density at radius 1 is 1.04 bits per heavy atom. The monoisotopic (exact) mass is 390 g/mol. The summed E-state index contributed by atoms with van der Waals surface area (Å²) in [7, 11) is 0. The van der Waals surface area contributed by atoms with Crippen molar-refractivity contribution < 1.29 is 4.79 Å². The molecule has 4 rings (SSSR count). The lowest BCUT2D eigenvalue weighted by molar-refractivity contribution is -0.118. The zero-order valence-corrected chi connectivity index (χ0v) is 16.8.